The minimum Gasteiger partial charge on any atom is -0.505 e. The van der Waals surface area contributed by atoms with Crippen LogP contribution in [0.3, 0.4) is 0 Å². The Kier molecular flexibility index (Phi) is 2.47. The van der Waals surface area contributed by atoms with Gasteiger partial charge in [-0.15, -0.1) is 0 Å². The van der Waals surface area contributed by atoms with E-state index in [0.717, 1.165) is 6.07 Å². The van der Waals surface area contributed by atoms with E-state index in [2.05, 4.69) is 0 Å². The molecule has 66 valence electrons. The van der Waals surface area contributed by atoms with Crippen molar-refractivity contribution in [2.45, 2.75) is 6.92 Å². The molecular weight excluding hydrogens is 166 g/mol. The maximum absolute atomic E-state index is 12.8. The summed E-state index contributed by atoms with van der Waals surface area (Å²) in [5, 5.41) is 8.72. The molecule has 0 atom stereocenters. The molecule has 4 heteroatoms. The van der Waals surface area contributed by atoms with Gasteiger partial charge in [0.25, 0.3) is 0 Å². The van der Waals surface area contributed by atoms with E-state index < -0.39 is 17.4 Å². The summed E-state index contributed by atoms with van der Waals surface area (Å²) >= 11 is 0. The number of rotatable bonds is 2. The predicted molar refractivity (Wildman–Crippen MR) is 39.2 cm³/mol. The van der Waals surface area contributed by atoms with Gasteiger partial charge in [-0.1, -0.05) is 0 Å². The number of benzene rings is 1. The van der Waals surface area contributed by atoms with E-state index in [0.29, 0.717) is 6.07 Å². The molecule has 1 N–H and O–H groups in total. The van der Waals surface area contributed by atoms with Gasteiger partial charge in [-0.2, -0.15) is 0 Å². The van der Waals surface area contributed by atoms with E-state index in [9.17, 15) is 8.78 Å². The normalized spacial score (nSPS) is 9.92. The van der Waals surface area contributed by atoms with Crippen molar-refractivity contribution in [2.75, 3.05) is 6.61 Å². The van der Waals surface area contributed by atoms with Crippen molar-refractivity contribution in [1.82, 2.24) is 0 Å². The zero-order valence-electron chi connectivity index (χ0n) is 6.47. The molecule has 1 rings (SSSR count). The molecule has 12 heavy (non-hydrogen) atoms. The molecule has 0 saturated heterocycles. The number of ether oxygens (including phenoxy) is 1. The van der Waals surface area contributed by atoms with E-state index in [1.807, 2.05) is 0 Å². The van der Waals surface area contributed by atoms with E-state index in [4.69, 9.17) is 9.84 Å². The second kappa shape index (κ2) is 3.38. The van der Waals surface area contributed by atoms with Gasteiger partial charge in [0.1, 0.15) is 0 Å². The van der Waals surface area contributed by atoms with E-state index in [1.54, 1.807) is 6.92 Å². The van der Waals surface area contributed by atoms with Crippen molar-refractivity contribution in [3.8, 4) is 11.5 Å². The molecule has 1 aromatic rings. The fraction of sp³-hybridized carbons (Fsp3) is 0.250. The van der Waals surface area contributed by atoms with Crippen LogP contribution >= 0.6 is 0 Å². The molecule has 0 aliphatic carbocycles. The van der Waals surface area contributed by atoms with Gasteiger partial charge in [-0.05, 0) is 6.92 Å². The number of hydrogen-bond donors (Lipinski definition) is 1. The van der Waals surface area contributed by atoms with Gasteiger partial charge in [0, 0.05) is 12.1 Å². The lowest BCUT2D eigenvalue weighted by atomic mass is 10.3. The largest absolute Gasteiger partial charge is 0.505 e. The minimum absolute atomic E-state index is 0.187. The minimum atomic E-state index is -0.889. The molecule has 0 aliphatic heterocycles. The maximum Gasteiger partial charge on any atom is 0.168 e. The van der Waals surface area contributed by atoms with Crippen LogP contribution < -0.4 is 4.74 Å². The number of halogens is 2. The smallest absolute Gasteiger partial charge is 0.168 e. The van der Waals surface area contributed by atoms with Crippen LogP contribution in [0.1, 0.15) is 6.92 Å². The molecular formula is C8H8F2O2. The highest BCUT2D eigenvalue weighted by Crippen LogP contribution is 2.25. The lowest BCUT2D eigenvalue weighted by Crippen LogP contribution is -1.95. The Morgan fingerprint density at radius 2 is 2.00 bits per heavy atom. The Labute approximate surface area is 68.4 Å². The van der Waals surface area contributed by atoms with Crippen LogP contribution in [0.4, 0.5) is 8.78 Å². The summed E-state index contributed by atoms with van der Waals surface area (Å²) in [6.45, 7) is 1.91. The topological polar surface area (TPSA) is 29.5 Å². The summed E-state index contributed by atoms with van der Waals surface area (Å²) in [5.74, 6) is -2.56. The Hall–Kier alpha value is -1.32. The molecule has 0 aliphatic rings. The summed E-state index contributed by atoms with van der Waals surface area (Å²) in [4.78, 5) is 0. The average Bonchev–Trinajstić information content (AvgIpc) is 2.01. The Morgan fingerprint density at radius 3 is 2.58 bits per heavy atom. The zero-order chi connectivity index (χ0) is 9.14. The highest BCUT2D eigenvalue weighted by molar-refractivity contribution is 5.33. The van der Waals surface area contributed by atoms with Crippen molar-refractivity contribution in [2.24, 2.45) is 0 Å². The molecule has 0 radical (unpaired) electrons. The maximum atomic E-state index is 12.8. The van der Waals surface area contributed by atoms with E-state index >= 15 is 0 Å². The Morgan fingerprint density at radius 1 is 1.33 bits per heavy atom. The van der Waals surface area contributed by atoms with E-state index in [1.165, 1.54) is 0 Å². The molecule has 0 amide bonds. The highest BCUT2D eigenvalue weighted by Gasteiger charge is 2.08. The SMILES string of the molecule is CCOc1cc(F)c(O)cc1F. The van der Waals surface area contributed by atoms with Crippen molar-refractivity contribution in [3.05, 3.63) is 23.8 Å². The van der Waals surface area contributed by atoms with Crippen molar-refractivity contribution >= 4 is 0 Å². The summed E-state index contributed by atoms with van der Waals surface area (Å²) < 4.78 is 30.1. The van der Waals surface area contributed by atoms with Gasteiger partial charge in [0.05, 0.1) is 6.61 Å². The number of aromatic hydroxyl groups is 1. The van der Waals surface area contributed by atoms with Crippen molar-refractivity contribution < 1.29 is 18.6 Å². The standard InChI is InChI=1S/C8H8F2O2/c1-2-12-8-4-5(9)7(11)3-6(8)10/h3-4,11H,2H2,1H3. The van der Waals surface area contributed by atoms with Gasteiger partial charge < -0.3 is 9.84 Å². The molecule has 0 spiro atoms. The molecule has 0 bridgehead atoms. The van der Waals surface area contributed by atoms with Crippen molar-refractivity contribution in [3.63, 3.8) is 0 Å². The van der Waals surface area contributed by atoms with Gasteiger partial charge in [-0.3, -0.25) is 0 Å². The number of phenolic OH excluding ortho intramolecular Hbond substituents is 1. The van der Waals surface area contributed by atoms with Gasteiger partial charge in [-0.25, -0.2) is 8.78 Å². The highest BCUT2D eigenvalue weighted by atomic mass is 19.1. The third kappa shape index (κ3) is 1.64. The van der Waals surface area contributed by atoms with E-state index in [-0.39, 0.29) is 12.4 Å². The van der Waals surface area contributed by atoms with Crippen LogP contribution in [0, 0.1) is 11.6 Å². The van der Waals surface area contributed by atoms with Gasteiger partial charge in [0.2, 0.25) is 0 Å². The quantitative estimate of drug-likeness (QED) is 0.743. The zero-order valence-corrected chi connectivity index (χ0v) is 6.47. The molecule has 0 fully saturated rings. The average molecular weight is 174 g/mol. The summed E-state index contributed by atoms with van der Waals surface area (Å²) in [5.41, 5.74) is 0. The van der Waals surface area contributed by atoms with Crippen LogP contribution in [0.25, 0.3) is 0 Å². The third-order valence-electron chi connectivity index (χ3n) is 1.30. The second-order valence-corrected chi connectivity index (χ2v) is 2.17. The van der Waals surface area contributed by atoms with Crippen LogP contribution in [0.5, 0.6) is 11.5 Å². The fourth-order valence-electron chi connectivity index (χ4n) is 0.784. The van der Waals surface area contributed by atoms with Crippen LogP contribution in [0.15, 0.2) is 12.1 Å². The van der Waals surface area contributed by atoms with Crippen LogP contribution in [-0.2, 0) is 0 Å². The number of hydrogen-bond acceptors (Lipinski definition) is 2. The molecule has 0 heterocycles. The van der Waals surface area contributed by atoms with Gasteiger partial charge in [0.15, 0.2) is 23.1 Å². The lowest BCUT2D eigenvalue weighted by Gasteiger charge is -2.04. The molecule has 2 nitrogen and oxygen atoms in total. The third-order valence-corrected chi connectivity index (χ3v) is 1.30. The van der Waals surface area contributed by atoms with Crippen molar-refractivity contribution in [1.29, 1.82) is 0 Å². The molecule has 1 aromatic carbocycles. The lowest BCUT2D eigenvalue weighted by molar-refractivity contribution is 0.315. The van der Waals surface area contributed by atoms with Crippen LogP contribution in [0.2, 0.25) is 0 Å². The first-order chi connectivity index (χ1) is 5.65. The molecule has 0 unspecified atom stereocenters. The fourth-order valence-corrected chi connectivity index (χ4v) is 0.784. The Balaban J connectivity index is 3.05. The Bertz CT molecular complexity index is 287. The summed E-state index contributed by atoms with van der Waals surface area (Å²) in [6.07, 6.45) is 0. The monoisotopic (exact) mass is 174 g/mol. The molecule has 0 saturated carbocycles. The molecule has 0 aromatic heterocycles. The number of phenols is 1. The first-order valence-electron chi connectivity index (χ1n) is 3.46. The second-order valence-electron chi connectivity index (χ2n) is 2.17. The predicted octanol–water partition coefficient (Wildman–Crippen LogP) is 2.07. The first-order valence-corrected chi connectivity index (χ1v) is 3.46. The van der Waals surface area contributed by atoms with Crippen LogP contribution in [-0.4, -0.2) is 11.7 Å². The summed E-state index contributed by atoms with van der Waals surface area (Å²) in [6, 6.07) is 1.49. The first kappa shape index (κ1) is 8.77. The van der Waals surface area contributed by atoms with Gasteiger partial charge >= 0.3 is 0 Å². The summed E-state index contributed by atoms with van der Waals surface area (Å²) in [7, 11) is 0.